The lowest BCUT2D eigenvalue weighted by Gasteiger charge is -2.06. The minimum absolute atomic E-state index is 0.454. The molecule has 0 radical (unpaired) electrons. The van der Waals surface area contributed by atoms with Gasteiger partial charge in [-0.05, 0) is 52.0 Å². The summed E-state index contributed by atoms with van der Waals surface area (Å²) < 4.78 is 6.00. The van der Waals surface area contributed by atoms with Crippen molar-refractivity contribution in [2.24, 2.45) is 0 Å². The van der Waals surface area contributed by atoms with E-state index < -0.39 is 7.12 Å². The molecule has 0 unspecified atom stereocenters. The molecule has 4 heteroatoms. The standard InChI is InChI=1S/C24H17BO3/c26-25(27)21-10-5-11-22-24(21)20-13-12-19(15-23(20)28-22)18-9-4-8-17(14-18)16-6-2-1-3-7-16/h1-15,26-27H. The molecule has 0 spiro atoms. The van der Waals surface area contributed by atoms with E-state index in [9.17, 15) is 10.0 Å². The van der Waals surface area contributed by atoms with Gasteiger partial charge >= 0.3 is 7.12 Å². The number of furan rings is 1. The Morgan fingerprint density at radius 3 is 2.04 bits per heavy atom. The highest BCUT2D eigenvalue weighted by atomic mass is 16.4. The monoisotopic (exact) mass is 364 g/mol. The second kappa shape index (κ2) is 6.68. The molecule has 0 atom stereocenters. The molecule has 0 aliphatic rings. The normalized spacial score (nSPS) is 11.2. The molecule has 2 N–H and O–H groups in total. The third-order valence-electron chi connectivity index (χ3n) is 5.11. The second-order valence-electron chi connectivity index (χ2n) is 6.85. The molecule has 1 heterocycles. The minimum atomic E-state index is -1.54. The summed E-state index contributed by atoms with van der Waals surface area (Å²) in [6, 6.07) is 30.1. The van der Waals surface area contributed by atoms with Gasteiger partial charge in [-0.15, -0.1) is 0 Å². The van der Waals surface area contributed by atoms with Gasteiger partial charge in [-0.1, -0.05) is 66.7 Å². The first-order valence-electron chi connectivity index (χ1n) is 9.18. The van der Waals surface area contributed by atoms with Crippen molar-refractivity contribution in [1.29, 1.82) is 0 Å². The maximum absolute atomic E-state index is 9.68. The molecule has 0 fully saturated rings. The Labute approximate surface area is 162 Å². The van der Waals surface area contributed by atoms with E-state index in [1.54, 1.807) is 12.1 Å². The molecule has 28 heavy (non-hydrogen) atoms. The van der Waals surface area contributed by atoms with Gasteiger partial charge < -0.3 is 14.5 Å². The van der Waals surface area contributed by atoms with Gasteiger partial charge in [0.25, 0.3) is 0 Å². The summed E-state index contributed by atoms with van der Waals surface area (Å²) in [7, 11) is -1.54. The average molecular weight is 364 g/mol. The lowest BCUT2D eigenvalue weighted by atomic mass is 9.77. The highest BCUT2D eigenvalue weighted by Gasteiger charge is 2.19. The summed E-state index contributed by atoms with van der Waals surface area (Å²) >= 11 is 0. The molecule has 5 aromatic rings. The molecule has 5 rings (SSSR count). The number of fused-ring (bicyclic) bond motifs is 3. The fourth-order valence-corrected chi connectivity index (χ4v) is 3.76. The van der Waals surface area contributed by atoms with Crippen molar-refractivity contribution in [3.8, 4) is 22.3 Å². The van der Waals surface area contributed by atoms with Crippen LogP contribution in [0.2, 0.25) is 0 Å². The summed E-state index contributed by atoms with van der Waals surface area (Å²) in [5, 5.41) is 21.0. The quantitative estimate of drug-likeness (QED) is 0.460. The molecule has 0 saturated carbocycles. The first-order valence-corrected chi connectivity index (χ1v) is 9.18. The van der Waals surface area contributed by atoms with E-state index in [-0.39, 0.29) is 0 Å². The van der Waals surface area contributed by atoms with Gasteiger partial charge in [0.2, 0.25) is 0 Å². The Balaban J connectivity index is 1.65. The Morgan fingerprint density at radius 2 is 1.25 bits per heavy atom. The van der Waals surface area contributed by atoms with Crippen LogP contribution >= 0.6 is 0 Å². The van der Waals surface area contributed by atoms with Crippen LogP contribution in [0.1, 0.15) is 0 Å². The zero-order valence-corrected chi connectivity index (χ0v) is 15.0. The van der Waals surface area contributed by atoms with Crippen LogP contribution in [0.4, 0.5) is 0 Å². The van der Waals surface area contributed by atoms with Gasteiger partial charge in [0, 0.05) is 10.8 Å². The van der Waals surface area contributed by atoms with E-state index in [1.165, 1.54) is 5.56 Å². The molecule has 134 valence electrons. The summed E-state index contributed by atoms with van der Waals surface area (Å²) in [6.07, 6.45) is 0. The Hall–Kier alpha value is -3.34. The SMILES string of the molecule is OB(O)c1cccc2oc3cc(-c4cccc(-c5ccccc5)c4)ccc3c12. The van der Waals surface area contributed by atoms with Crippen LogP contribution < -0.4 is 5.46 Å². The molecule has 0 aliphatic carbocycles. The predicted octanol–water partition coefficient (Wildman–Crippen LogP) is 4.60. The molecular formula is C24H17BO3. The largest absolute Gasteiger partial charge is 0.489 e. The summed E-state index contributed by atoms with van der Waals surface area (Å²) in [5.41, 5.74) is 6.32. The summed E-state index contributed by atoms with van der Waals surface area (Å²) in [4.78, 5) is 0. The highest BCUT2D eigenvalue weighted by Crippen LogP contribution is 2.33. The fourth-order valence-electron chi connectivity index (χ4n) is 3.76. The zero-order valence-electron chi connectivity index (χ0n) is 15.0. The number of rotatable bonds is 3. The van der Waals surface area contributed by atoms with Crippen molar-refractivity contribution in [1.82, 2.24) is 0 Å². The smallest absolute Gasteiger partial charge is 0.456 e. The molecule has 0 bridgehead atoms. The number of hydrogen-bond acceptors (Lipinski definition) is 3. The third-order valence-corrected chi connectivity index (χ3v) is 5.11. The van der Waals surface area contributed by atoms with Crippen LogP contribution in [0.25, 0.3) is 44.2 Å². The van der Waals surface area contributed by atoms with Crippen molar-refractivity contribution in [2.45, 2.75) is 0 Å². The predicted molar refractivity (Wildman–Crippen MR) is 114 cm³/mol. The third kappa shape index (κ3) is 2.80. The van der Waals surface area contributed by atoms with E-state index in [2.05, 4.69) is 36.4 Å². The van der Waals surface area contributed by atoms with Crippen molar-refractivity contribution < 1.29 is 14.5 Å². The van der Waals surface area contributed by atoms with E-state index in [0.29, 0.717) is 11.0 Å². The Morgan fingerprint density at radius 1 is 0.571 bits per heavy atom. The van der Waals surface area contributed by atoms with Crippen LogP contribution in [-0.4, -0.2) is 17.2 Å². The van der Waals surface area contributed by atoms with Crippen molar-refractivity contribution in [3.05, 3.63) is 91.0 Å². The van der Waals surface area contributed by atoms with Gasteiger partial charge in [0.1, 0.15) is 11.2 Å². The maximum Gasteiger partial charge on any atom is 0.489 e. The van der Waals surface area contributed by atoms with Crippen LogP contribution in [-0.2, 0) is 0 Å². The van der Waals surface area contributed by atoms with Crippen molar-refractivity contribution >= 4 is 34.5 Å². The highest BCUT2D eigenvalue weighted by molar-refractivity contribution is 6.62. The zero-order chi connectivity index (χ0) is 19.1. The van der Waals surface area contributed by atoms with E-state index in [0.717, 1.165) is 33.0 Å². The molecule has 0 amide bonds. The van der Waals surface area contributed by atoms with Gasteiger partial charge in [0.05, 0.1) is 0 Å². The Bertz CT molecular complexity index is 1290. The van der Waals surface area contributed by atoms with Crippen LogP contribution in [0.3, 0.4) is 0 Å². The van der Waals surface area contributed by atoms with Gasteiger partial charge in [-0.2, -0.15) is 0 Å². The van der Waals surface area contributed by atoms with Crippen molar-refractivity contribution in [2.75, 3.05) is 0 Å². The molecule has 0 aliphatic heterocycles. The topological polar surface area (TPSA) is 53.6 Å². The molecule has 4 aromatic carbocycles. The van der Waals surface area contributed by atoms with Gasteiger partial charge in [0.15, 0.2) is 0 Å². The van der Waals surface area contributed by atoms with Crippen LogP contribution in [0.15, 0.2) is 95.4 Å². The summed E-state index contributed by atoms with van der Waals surface area (Å²) in [6.45, 7) is 0. The van der Waals surface area contributed by atoms with Gasteiger partial charge in [-0.3, -0.25) is 0 Å². The molecule has 1 aromatic heterocycles. The lowest BCUT2D eigenvalue weighted by Crippen LogP contribution is -2.30. The van der Waals surface area contributed by atoms with E-state index in [4.69, 9.17) is 4.42 Å². The molecular weight excluding hydrogens is 347 g/mol. The van der Waals surface area contributed by atoms with Crippen LogP contribution in [0.5, 0.6) is 0 Å². The lowest BCUT2D eigenvalue weighted by molar-refractivity contribution is 0.426. The Kier molecular flexibility index (Phi) is 4.01. The van der Waals surface area contributed by atoms with E-state index in [1.807, 2.05) is 42.5 Å². The van der Waals surface area contributed by atoms with Gasteiger partial charge in [-0.25, -0.2) is 0 Å². The average Bonchev–Trinajstić information content (AvgIpc) is 3.12. The number of benzene rings is 4. The molecule has 0 saturated heterocycles. The first-order chi connectivity index (χ1) is 13.7. The fraction of sp³-hybridized carbons (Fsp3) is 0. The summed E-state index contributed by atoms with van der Waals surface area (Å²) in [5.74, 6) is 0. The molecule has 3 nitrogen and oxygen atoms in total. The second-order valence-corrected chi connectivity index (χ2v) is 6.85. The maximum atomic E-state index is 9.68. The van der Waals surface area contributed by atoms with Crippen LogP contribution in [0, 0.1) is 0 Å². The first kappa shape index (κ1) is 16.8. The van der Waals surface area contributed by atoms with Crippen molar-refractivity contribution in [3.63, 3.8) is 0 Å². The van der Waals surface area contributed by atoms with E-state index >= 15 is 0 Å². The minimum Gasteiger partial charge on any atom is -0.456 e. The number of hydrogen-bond donors (Lipinski definition) is 2.